The van der Waals surface area contributed by atoms with Gasteiger partial charge in [0.15, 0.2) is 5.78 Å². The van der Waals surface area contributed by atoms with E-state index in [2.05, 4.69) is 5.10 Å². The molecule has 6 heteroatoms. The Morgan fingerprint density at radius 2 is 1.78 bits per heavy atom. The van der Waals surface area contributed by atoms with Crippen molar-refractivity contribution in [1.29, 1.82) is 0 Å². The molecule has 3 aromatic rings. The third kappa shape index (κ3) is 3.14. The van der Waals surface area contributed by atoms with Crippen LogP contribution in [-0.2, 0) is 0 Å². The predicted molar refractivity (Wildman–Crippen MR) is 89.0 cm³/mol. The van der Waals surface area contributed by atoms with Crippen molar-refractivity contribution in [2.75, 3.05) is 0 Å². The minimum Gasteiger partial charge on any atom is -0.293 e. The first-order chi connectivity index (χ1) is 11.0. The second kappa shape index (κ2) is 6.14. The van der Waals surface area contributed by atoms with Crippen molar-refractivity contribution in [3.8, 4) is 16.8 Å². The molecular formula is C17H11Cl2FN2O. The first-order valence-corrected chi connectivity index (χ1v) is 7.53. The number of hydrogen-bond acceptors (Lipinski definition) is 2. The van der Waals surface area contributed by atoms with Crippen LogP contribution in [0, 0.1) is 5.82 Å². The first kappa shape index (κ1) is 15.7. The summed E-state index contributed by atoms with van der Waals surface area (Å²) in [6, 6.07) is 10.9. The van der Waals surface area contributed by atoms with Crippen LogP contribution in [-0.4, -0.2) is 15.6 Å². The standard InChI is InChI=1S/C17H11Cl2FN2O/c1-10(23)17-15(14-7-2-11(18)8-16(14)19)9-22(21-17)13-5-3-12(20)4-6-13/h2-9H,1H3. The van der Waals surface area contributed by atoms with Gasteiger partial charge < -0.3 is 0 Å². The summed E-state index contributed by atoms with van der Waals surface area (Å²) in [5.74, 6) is -0.527. The third-order valence-electron chi connectivity index (χ3n) is 3.36. The van der Waals surface area contributed by atoms with E-state index in [1.165, 1.54) is 23.7 Å². The zero-order valence-corrected chi connectivity index (χ0v) is 13.6. The van der Waals surface area contributed by atoms with Crippen LogP contribution in [0.15, 0.2) is 48.7 Å². The number of nitrogens with zero attached hydrogens (tertiary/aromatic N) is 2. The predicted octanol–water partition coefficient (Wildman–Crippen LogP) is 5.19. The average molecular weight is 349 g/mol. The van der Waals surface area contributed by atoms with Gasteiger partial charge in [-0.3, -0.25) is 4.79 Å². The van der Waals surface area contributed by atoms with Gasteiger partial charge >= 0.3 is 0 Å². The Morgan fingerprint density at radius 3 is 2.39 bits per heavy atom. The zero-order valence-electron chi connectivity index (χ0n) is 12.1. The SMILES string of the molecule is CC(=O)c1nn(-c2ccc(F)cc2)cc1-c1ccc(Cl)cc1Cl. The van der Waals surface area contributed by atoms with Gasteiger partial charge in [0.1, 0.15) is 11.5 Å². The van der Waals surface area contributed by atoms with Crippen molar-refractivity contribution in [3.05, 3.63) is 70.2 Å². The molecule has 0 aliphatic carbocycles. The summed E-state index contributed by atoms with van der Waals surface area (Å²) in [4.78, 5) is 11.9. The topological polar surface area (TPSA) is 34.9 Å². The van der Waals surface area contributed by atoms with E-state index in [0.29, 0.717) is 32.6 Å². The highest BCUT2D eigenvalue weighted by atomic mass is 35.5. The second-order valence-electron chi connectivity index (χ2n) is 4.99. The molecule has 1 heterocycles. The van der Waals surface area contributed by atoms with E-state index in [4.69, 9.17) is 23.2 Å². The van der Waals surface area contributed by atoms with Gasteiger partial charge in [0.2, 0.25) is 0 Å². The highest BCUT2D eigenvalue weighted by molar-refractivity contribution is 6.36. The molecule has 3 nitrogen and oxygen atoms in total. The van der Waals surface area contributed by atoms with Gasteiger partial charge in [-0.05, 0) is 36.4 Å². The molecule has 0 bridgehead atoms. The molecule has 0 amide bonds. The van der Waals surface area contributed by atoms with Crippen LogP contribution < -0.4 is 0 Å². The molecule has 0 spiro atoms. The maximum atomic E-state index is 13.1. The second-order valence-corrected chi connectivity index (χ2v) is 5.84. The van der Waals surface area contributed by atoms with E-state index < -0.39 is 0 Å². The van der Waals surface area contributed by atoms with Crippen molar-refractivity contribution < 1.29 is 9.18 Å². The molecule has 0 N–H and O–H groups in total. The van der Waals surface area contributed by atoms with Crippen molar-refractivity contribution in [3.63, 3.8) is 0 Å². The number of benzene rings is 2. The number of hydrogen-bond donors (Lipinski definition) is 0. The molecule has 0 radical (unpaired) electrons. The summed E-state index contributed by atoms with van der Waals surface area (Å²) in [5, 5.41) is 5.24. The molecular weight excluding hydrogens is 338 g/mol. The number of ketones is 1. The fraction of sp³-hybridized carbons (Fsp3) is 0.0588. The zero-order chi connectivity index (χ0) is 16.6. The molecule has 0 atom stereocenters. The third-order valence-corrected chi connectivity index (χ3v) is 3.91. The van der Waals surface area contributed by atoms with Gasteiger partial charge in [0.05, 0.1) is 10.7 Å². The Kier molecular flexibility index (Phi) is 4.20. The normalized spacial score (nSPS) is 10.8. The Labute approximate surface area is 142 Å². The van der Waals surface area contributed by atoms with Crippen LogP contribution in [0.1, 0.15) is 17.4 Å². The molecule has 116 valence electrons. The quantitative estimate of drug-likeness (QED) is 0.610. The summed E-state index contributed by atoms with van der Waals surface area (Å²) in [5.41, 5.74) is 2.20. The number of carbonyl (C=O) groups excluding carboxylic acids is 1. The van der Waals surface area contributed by atoms with Gasteiger partial charge in [0.25, 0.3) is 0 Å². The van der Waals surface area contributed by atoms with Crippen LogP contribution in [0.25, 0.3) is 16.8 Å². The van der Waals surface area contributed by atoms with E-state index in [1.807, 2.05) is 0 Å². The maximum Gasteiger partial charge on any atom is 0.180 e. The van der Waals surface area contributed by atoms with Crippen LogP contribution in [0.5, 0.6) is 0 Å². The average Bonchev–Trinajstić information content (AvgIpc) is 2.93. The van der Waals surface area contributed by atoms with E-state index in [9.17, 15) is 9.18 Å². The van der Waals surface area contributed by atoms with E-state index in [0.717, 1.165) is 0 Å². The highest BCUT2D eigenvalue weighted by Crippen LogP contribution is 2.33. The molecule has 2 aromatic carbocycles. The molecule has 0 unspecified atom stereocenters. The fourth-order valence-corrected chi connectivity index (χ4v) is 2.78. The summed E-state index contributed by atoms with van der Waals surface area (Å²) in [6.07, 6.45) is 1.69. The summed E-state index contributed by atoms with van der Waals surface area (Å²) >= 11 is 12.1. The molecule has 1 aromatic heterocycles. The Morgan fingerprint density at radius 1 is 1.09 bits per heavy atom. The largest absolute Gasteiger partial charge is 0.293 e. The molecule has 0 aliphatic rings. The summed E-state index contributed by atoms with van der Waals surface area (Å²) in [7, 11) is 0. The minimum absolute atomic E-state index is 0.188. The number of aromatic nitrogens is 2. The molecule has 0 fully saturated rings. The minimum atomic E-state index is -0.339. The number of rotatable bonds is 3. The lowest BCUT2D eigenvalue weighted by atomic mass is 10.0. The van der Waals surface area contributed by atoms with Crippen LogP contribution in [0.4, 0.5) is 4.39 Å². The van der Waals surface area contributed by atoms with Gasteiger partial charge in [-0.15, -0.1) is 0 Å². The number of carbonyl (C=O) groups is 1. The highest BCUT2D eigenvalue weighted by Gasteiger charge is 2.18. The molecule has 3 rings (SSSR count). The van der Waals surface area contributed by atoms with Crippen LogP contribution >= 0.6 is 23.2 Å². The Hall–Kier alpha value is -2.17. The van der Waals surface area contributed by atoms with E-state index in [-0.39, 0.29) is 11.6 Å². The van der Waals surface area contributed by atoms with Crippen molar-refractivity contribution >= 4 is 29.0 Å². The van der Waals surface area contributed by atoms with E-state index in [1.54, 1.807) is 36.5 Å². The summed E-state index contributed by atoms with van der Waals surface area (Å²) in [6.45, 7) is 1.44. The lowest BCUT2D eigenvalue weighted by Gasteiger charge is -2.03. The van der Waals surface area contributed by atoms with Crippen LogP contribution in [0.3, 0.4) is 0 Å². The molecule has 23 heavy (non-hydrogen) atoms. The van der Waals surface area contributed by atoms with Crippen molar-refractivity contribution in [2.24, 2.45) is 0 Å². The summed E-state index contributed by atoms with van der Waals surface area (Å²) < 4.78 is 14.6. The monoisotopic (exact) mass is 348 g/mol. The van der Waals surface area contributed by atoms with Gasteiger partial charge in [-0.2, -0.15) is 5.10 Å². The lowest BCUT2D eigenvalue weighted by molar-refractivity contribution is 0.101. The van der Waals surface area contributed by atoms with Gasteiger partial charge in [0, 0.05) is 29.3 Å². The maximum absolute atomic E-state index is 13.1. The Bertz CT molecular complexity index is 888. The Balaban J connectivity index is 2.16. The van der Waals surface area contributed by atoms with Crippen molar-refractivity contribution in [1.82, 2.24) is 9.78 Å². The number of halogens is 3. The first-order valence-electron chi connectivity index (χ1n) is 6.77. The van der Waals surface area contributed by atoms with E-state index >= 15 is 0 Å². The molecule has 0 saturated carbocycles. The van der Waals surface area contributed by atoms with Gasteiger partial charge in [-0.1, -0.05) is 29.3 Å². The fourth-order valence-electron chi connectivity index (χ4n) is 2.27. The van der Waals surface area contributed by atoms with Crippen LogP contribution in [0.2, 0.25) is 10.0 Å². The molecule has 0 aliphatic heterocycles. The smallest absolute Gasteiger partial charge is 0.180 e. The van der Waals surface area contributed by atoms with Gasteiger partial charge in [-0.25, -0.2) is 9.07 Å². The molecule has 0 saturated heterocycles. The van der Waals surface area contributed by atoms with Crippen molar-refractivity contribution in [2.45, 2.75) is 6.92 Å². The number of Topliss-reactive ketones (excluding diaryl/α,β-unsaturated/α-hetero) is 1. The lowest BCUT2D eigenvalue weighted by Crippen LogP contribution is -1.99.